The maximum absolute atomic E-state index is 12.2. The van der Waals surface area contributed by atoms with E-state index >= 15 is 0 Å². The van der Waals surface area contributed by atoms with Crippen LogP contribution in [0.3, 0.4) is 0 Å². The Bertz CT molecular complexity index is 489. The van der Waals surface area contributed by atoms with Crippen molar-refractivity contribution in [1.29, 1.82) is 0 Å². The van der Waals surface area contributed by atoms with Gasteiger partial charge in [-0.1, -0.05) is 20.8 Å². The molecule has 0 spiro atoms. The molecule has 1 heterocycles. The zero-order chi connectivity index (χ0) is 16.2. The largest absolute Gasteiger partial charge is 0.481 e. The van der Waals surface area contributed by atoms with Crippen molar-refractivity contribution >= 4 is 21.8 Å². The fraction of sp³-hybridized carbons (Fsp3) is 0.846. The number of nitrogens with one attached hydrogen (secondary N) is 1. The Morgan fingerprint density at radius 2 is 1.95 bits per heavy atom. The molecule has 0 aromatic rings. The number of carbonyl (C=O) groups excluding carboxylic acids is 1. The first-order valence-electron chi connectivity index (χ1n) is 7.09. The van der Waals surface area contributed by atoms with Crippen LogP contribution >= 0.6 is 0 Å². The number of urea groups is 1. The van der Waals surface area contributed by atoms with Gasteiger partial charge in [0.05, 0.1) is 24.0 Å². The maximum atomic E-state index is 12.2. The first kappa shape index (κ1) is 17.7. The van der Waals surface area contributed by atoms with E-state index in [1.54, 1.807) is 0 Å². The summed E-state index contributed by atoms with van der Waals surface area (Å²) in [4.78, 5) is 24.3. The van der Waals surface area contributed by atoms with Crippen molar-refractivity contribution in [2.75, 3.05) is 24.6 Å². The fourth-order valence-electron chi connectivity index (χ4n) is 2.11. The number of sulfone groups is 1. The quantitative estimate of drug-likeness (QED) is 0.770. The molecule has 0 aliphatic carbocycles. The molecular formula is C13H24N2O5S. The summed E-state index contributed by atoms with van der Waals surface area (Å²) < 4.78 is 23.2. The number of carboxylic acids is 1. The van der Waals surface area contributed by atoms with Crippen molar-refractivity contribution in [3.05, 3.63) is 0 Å². The third-order valence-electron chi connectivity index (χ3n) is 3.91. The molecule has 0 radical (unpaired) electrons. The van der Waals surface area contributed by atoms with E-state index in [2.05, 4.69) is 19.2 Å². The first-order chi connectivity index (χ1) is 9.62. The Hall–Kier alpha value is -1.31. The number of aliphatic carboxylic acids is 1. The van der Waals surface area contributed by atoms with Crippen LogP contribution in [0.5, 0.6) is 0 Å². The molecule has 21 heavy (non-hydrogen) atoms. The molecular weight excluding hydrogens is 296 g/mol. The molecule has 2 N–H and O–H groups in total. The molecule has 0 bridgehead atoms. The van der Waals surface area contributed by atoms with Crippen molar-refractivity contribution in [3.8, 4) is 0 Å². The summed E-state index contributed by atoms with van der Waals surface area (Å²) in [6.07, 6.45) is -0.355. The van der Waals surface area contributed by atoms with Gasteiger partial charge in [-0.2, -0.15) is 0 Å². The standard InChI is InChI=1S/C13H24N2O5S/c1-9(2)10(3)7-14-13(18)15-4-5-21(19,20)8-11(15)6-12(16)17/h9-11H,4-8H2,1-3H3,(H,14,18)(H,16,17). The Kier molecular flexibility index (Phi) is 6.00. The third kappa shape index (κ3) is 5.53. The summed E-state index contributed by atoms with van der Waals surface area (Å²) in [6.45, 7) is 6.65. The monoisotopic (exact) mass is 320 g/mol. The maximum Gasteiger partial charge on any atom is 0.317 e. The van der Waals surface area contributed by atoms with Crippen molar-refractivity contribution in [2.24, 2.45) is 11.8 Å². The molecule has 8 heteroatoms. The van der Waals surface area contributed by atoms with E-state index in [-0.39, 0.29) is 30.5 Å². The van der Waals surface area contributed by atoms with Gasteiger partial charge in [-0.05, 0) is 11.8 Å². The van der Waals surface area contributed by atoms with Gasteiger partial charge in [0.1, 0.15) is 0 Å². The average molecular weight is 320 g/mol. The van der Waals surface area contributed by atoms with E-state index in [4.69, 9.17) is 5.11 Å². The van der Waals surface area contributed by atoms with E-state index in [0.29, 0.717) is 18.4 Å². The third-order valence-corrected chi connectivity index (χ3v) is 5.61. The van der Waals surface area contributed by atoms with Crippen LogP contribution in [-0.4, -0.2) is 61.1 Å². The Balaban J connectivity index is 2.69. The lowest BCUT2D eigenvalue weighted by atomic mass is 9.98. The topological polar surface area (TPSA) is 104 Å². The van der Waals surface area contributed by atoms with Crippen LogP contribution in [0.2, 0.25) is 0 Å². The van der Waals surface area contributed by atoms with Crippen LogP contribution in [0.15, 0.2) is 0 Å². The van der Waals surface area contributed by atoms with Gasteiger partial charge in [-0.15, -0.1) is 0 Å². The molecule has 1 saturated heterocycles. The molecule has 122 valence electrons. The lowest BCUT2D eigenvalue weighted by molar-refractivity contribution is -0.138. The van der Waals surface area contributed by atoms with E-state index in [9.17, 15) is 18.0 Å². The van der Waals surface area contributed by atoms with Gasteiger partial charge < -0.3 is 15.3 Å². The SMILES string of the molecule is CC(C)C(C)CNC(=O)N1CCS(=O)(=O)CC1CC(=O)O. The number of carbonyl (C=O) groups is 2. The number of rotatable bonds is 5. The van der Waals surface area contributed by atoms with Crippen LogP contribution in [0.4, 0.5) is 4.79 Å². The Morgan fingerprint density at radius 1 is 1.33 bits per heavy atom. The fourth-order valence-corrected chi connectivity index (χ4v) is 3.64. The molecule has 2 atom stereocenters. The molecule has 7 nitrogen and oxygen atoms in total. The van der Waals surface area contributed by atoms with Crippen LogP contribution in [0, 0.1) is 11.8 Å². The normalized spacial score (nSPS) is 22.9. The van der Waals surface area contributed by atoms with E-state index < -0.39 is 21.8 Å². The first-order valence-corrected chi connectivity index (χ1v) is 8.91. The molecule has 1 fully saturated rings. The molecule has 0 saturated carbocycles. The predicted molar refractivity (Wildman–Crippen MR) is 78.8 cm³/mol. The molecule has 1 rings (SSSR count). The number of amides is 2. The second-order valence-corrected chi connectivity index (χ2v) is 8.20. The number of hydrogen-bond acceptors (Lipinski definition) is 4. The number of nitrogens with zero attached hydrogens (tertiary/aromatic N) is 1. The zero-order valence-corrected chi connectivity index (χ0v) is 13.5. The van der Waals surface area contributed by atoms with Crippen LogP contribution in [-0.2, 0) is 14.6 Å². The van der Waals surface area contributed by atoms with E-state index in [0.717, 1.165) is 0 Å². The van der Waals surface area contributed by atoms with Crippen LogP contribution < -0.4 is 5.32 Å². The summed E-state index contributed by atoms with van der Waals surface area (Å²) in [5, 5.41) is 11.6. The van der Waals surface area contributed by atoms with Crippen molar-refractivity contribution in [2.45, 2.75) is 33.2 Å². The summed E-state index contributed by atoms with van der Waals surface area (Å²) in [5.41, 5.74) is 0. The zero-order valence-electron chi connectivity index (χ0n) is 12.7. The number of hydrogen-bond donors (Lipinski definition) is 2. The highest BCUT2D eigenvalue weighted by molar-refractivity contribution is 7.91. The van der Waals surface area contributed by atoms with Crippen LogP contribution in [0.25, 0.3) is 0 Å². The molecule has 0 aromatic heterocycles. The summed E-state index contributed by atoms with van der Waals surface area (Å²) >= 11 is 0. The highest BCUT2D eigenvalue weighted by atomic mass is 32.2. The van der Waals surface area contributed by atoms with Gasteiger partial charge in [-0.3, -0.25) is 4.79 Å². The van der Waals surface area contributed by atoms with Crippen LogP contribution in [0.1, 0.15) is 27.2 Å². The predicted octanol–water partition coefficient (Wildman–Crippen LogP) is 0.562. The minimum atomic E-state index is -3.27. The van der Waals surface area contributed by atoms with Gasteiger partial charge in [0.15, 0.2) is 9.84 Å². The van der Waals surface area contributed by atoms with Gasteiger partial charge in [-0.25, -0.2) is 13.2 Å². The molecule has 2 amide bonds. The smallest absolute Gasteiger partial charge is 0.317 e. The van der Waals surface area contributed by atoms with Gasteiger partial charge in [0.2, 0.25) is 0 Å². The Labute approximate surface area is 125 Å². The van der Waals surface area contributed by atoms with Crippen molar-refractivity contribution in [3.63, 3.8) is 0 Å². The Morgan fingerprint density at radius 3 is 2.48 bits per heavy atom. The molecule has 2 unspecified atom stereocenters. The molecule has 0 aromatic carbocycles. The van der Waals surface area contributed by atoms with Crippen molar-refractivity contribution in [1.82, 2.24) is 10.2 Å². The minimum absolute atomic E-state index is 0.0438. The second kappa shape index (κ2) is 7.11. The van der Waals surface area contributed by atoms with E-state index in [1.807, 2.05) is 6.92 Å². The summed E-state index contributed by atoms with van der Waals surface area (Å²) in [7, 11) is -3.27. The molecule has 1 aliphatic heterocycles. The van der Waals surface area contributed by atoms with E-state index in [1.165, 1.54) is 4.90 Å². The highest BCUT2D eigenvalue weighted by Gasteiger charge is 2.35. The highest BCUT2D eigenvalue weighted by Crippen LogP contribution is 2.16. The minimum Gasteiger partial charge on any atom is -0.481 e. The lowest BCUT2D eigenvalue weighted by Gasteiger charge is -2.35. The average Bonchev–Trinajstić information content (AvgIpc) is 2.33. The number of carboxylic acid groups (broad SMARTS) is 1. The summed E-state index contributed by atoms with van der Waals surface area (Å²) in [5.74, 6) is -0.796. The van der Waals surface area contributed by atoms with Gasteiger partial charge in [0, 0.05) is 13.1 Å². The van der Waals surface area contributed by atoms with Crippen molar-refractivity contribution < 1.29 is 23.1 Å². The molecule has 1 aliphatic rings. The van der Waals surface area contributed by atoms with Gasteiger partial charge in [0.25, 0.3) is 0 Å². The summed E-state index contributed by atoms with van der Waals surface area (Å²) in [6, 6.07) is -1.18. The second-order valence-electron chi connectivity index (χ2n) is 5.97. The van der Waals surface area contributed by atoms with Gasteiger partial charge >= 0.3 is 12.0 Å². The lowest BCUT2D eigenvalue weighted by Crippen LogP contribution is -2.55.